The van der Waals surface area contributed by atoms with Gasteiger partial charge < -0.3 is 14.4 Å². The van der Waals surface area contributed by atoms with E-state index in [0.717, 1.165) is 13.1 Å². The lowest BCUT2D eigenvalue weighted by Gasteiger charge is -2.33. The highest BCUT2D eigenvalue weighted by Gasteiger charge is 2.30. The van der Waals surface area contributed by atoms with Gasteiger partial charge in [-0.15, -0.1) is 0 Å². The molecule has 10 heteroatoms. The van der Waals surface area contributed by atoms with Crippen molar-refractivity contribution < 1.29 is 18.7 Å². The molecule has 3 heterocycles. The van der Waals surface area contributed by atoms with Crippen LogP contribution >= 0.6 is 11.6 Å². The van der Waals surface area contributed by atoms with Gasteiger partial charge in [0.25, 0.3) is 0 Å². The highest BCUT2D eigenvalue weighted by molar-refractivity contribution is 6.31. The van der Waals surface area contributed by atoms with Crippen molar-refractivity contribution in [1.82, 2.24) is 18.9 Å². The maximum absolute atomic E-state index is 14.3. The van der Waals surface area contributed by atoms with Gasteiger partial charge in [-0.2, -0.15) is 0 Å². The topological polar surface area (TPSA) is 68.9 Å². The molecule has 0 aliphatic carbocycles. The van der Waals surface area contributed by atoms with E-state index in [4.69, 9.17) is 21.1 Å². The number of amides is 1. The Kier molecular flexibility index (Phi) is 7.02. The number of fused-ring (bicyclic) bond motifs is 1. The lowest BCUT2D eigenvalue weighted by Crippen LogP contribution is -2.43. The summed E-state index contributed by atoms with van der Waals surface area (Å²) in [7, 11) is 0. The number of aromatic nitrogens is 2. The van der Waals surface area contributed by atoms with Crippen LogP contribution in [-0.4, -0.2) is 76.6 Å². The van der Waals surface area contributed by atoms with Crippen molar-refractivity contribution in [2.75, 3.05) is 45.9 Å². The Balaban J connectivity index is 1.57. The molecule has 2 aliphatic rings. The standard InChI is InChI=1S/C23H32ClFN4O4/c1-23(2,3)33-22(31)27-6-4-16(5-7-27)29-20-14-17(24)18(25)15-19(20)28(21(29)30)9-8-26-10-12-32-13-11-26/h14-16H,4-13H2,1-3H3. The minimum Gasteiger partial charge on any atom is -0.444 e. The van der Waals surface area contributed by atoms with E-state index in [9.17, 15) is 14.0 Å². The highest BCUT2D eigenvalue weighted by Crippen LogP contribution is 2.29. The quantitative estimate of drug-likeness (QED) is 0.667. The van der Waals surface area contributed by atoms with Gasteiger partial charge in [0.1, 0.15) is 11.4 Å². The number of hydrogen-bond acceptors (Lipinski definition) is 5. The summed E-state index contributed by atoms with van der Waals surface area (Å²) in [6, 6.07) is 2.79. The van der Waals surface area contributed by atoms with Crippen molar-refractivity contribution in [3.63, 3.8) is 0 Å². The minimum absolute atomic E-state index is 0.00669. The fraction of sp³-hybridized carbons (Fsp3) is 0.652. The minimum atomic E-state index is -0.556. The molecule has 4 rings (SSSR count). The Hall–Kier alpha value is -2.10. The number of benzene rings is 1. The van der Waals surface area contributed by atoms with Crippen LogP contribution < -0.4 is 5.69 Å². The van der Waals surface area contributed by atoms with Crippen LogP contribution in [0.1, 0.15) is 39.7 Å². The summed E-state index contributed by atoms with van der Waals surface area (Å²) in [6.07, 6.45) is 0.874. The van der Waals surface area contributed by atoms with Crippen molar-refractivity contribution in [2.45, 2.75) is 51.8 Å². The zero-order valence-corrected chi connectivity index (χ0v) is 20.2. The summed E-state index contributed by atoms with van der Waals surface area (Å²) in [6.45, 7) is 10.6. The molecule has 33 heavy (non-hydrogen) atoms. The largest absolute Gasteiger partial charge is 0.444 e. The number of morpholine rings is 1. The Morgan fingerprint density at radius 3 is 2.42 bits per heavy atom. The fourth-order valence-corrected chi connectivity index (χ4v) is 4.70. The van der Waals surface area contributed by atoms with Crippen molar-refractivity contribution in [1.29, 1.82) is 0 Å². The number of carbonyl (C=O) groups excluding carboxylic acids is 1. The summed E-state index contributed by atoms with van der Waals surface area (Å²) >= 11 is 6.09. The molecular formula is C23H32ClFN4O4. The molecule has 0 bridgehead atoms. The number of nitrogens with zero attached hydrogens (tertiary/aromatic N) is 4. The van der Waals surface area contributed by atoms with Crippen LogP contribution in [0.25, 0.3) is 11.0 Å². The molecular weight excluding hydrogens is 451 g/mol. The number of halogens is 2. The van der Waals surface area contributed by atoms with Gasteiger partial charge in [0.2, 0.25) is 0 Å². The van der Waals surface area contributed by atoms with Crippen LogP contribution in [0.3, 0.4) is 0 Å². The molecule has 2 aromatic rings. The molecule has 1 aromatic heterocycles. The smallest absolute Gasteiger partial charge is 0.410 e. The lowest BCUT2D eigenvalue weighted by molar-refractivity contribution is 0.0188. The first-order valence-electron chi connectivity index (χ1n) is 11.5. The molecule has 2 saturated heterocycles. The van der Waals surface area contributed by atoms with E-state index in [2.05, 4.69) is 4.90 Å². The number of hydrogen-bond donors (Lipinski definition) is 0. The van der Waals surface area contributed by atoms with Gasteiger partial charge in [-0.25, -0.2) is 14.0 Å². The lowest BCUT2D eigenvalue weighted by atomic mass is 10.0. The van der Waals surface area contributed by atoms with Crippen LogP contribution in [0.4, 0.5) is 9.18 Å². The third-order valence-corrected chi connectivity index (χ3v) is 6.52. The first-order chi connectivity index (χ1) is 15.6. The maximum atomic E-state index is 14.3. The molecule has 0 radical (unpaired) electrons. The second-order valence-corrected chi connectivity index (χ2v) is 10.1. The second kappa shape index (κ2) is 9.64. The van der Waals surface area contributed by atoms with Crippen LogP contribution in [0.2, 0.25) is 5.02 Å². The molecule has 1 amide bonds. The van der Waals surface area contributed by atoms with Crippen LogP contribution in [0.5, 0.6) is 0 Å². The zero-order chi connectivity index (χ0) is 23.8. The molecule has 2 fully saturated rings. The van der Waals surface area contributed by atoms with Gasteiger partial charge in [-0.05, 0) is 39.7 Å². The third-order valence-electron chi connectivity index (χ3n) is 6.23. The maximum Gasteiger partial charge on any atom is 0.410 e. The number of rotatable bonds is 4. The van der Waals surface area contributed by atoms with E-state index in [0.29, 0.717) is 63.3 Å². The van der Waals surface area contributed by atoms with Crippen LogP contribution in [-0.2, 0) is 16.0 Å². The van der Waals surface area contributed by atoms with Gasteiger partial charge in [0.05, 0.1) is 29.3 Å². The van der Waals surface area contributed by atoms with E-state index >= 15 is 0 Å². The first-order valence-corrected chi connectivity index (χ1v) is 11.9. The third kappa shape index (κ3) is 5.36. The first kappa shape index (κ1) is 24.0. The van der Waals surface area contributed by atoms with Gasteiger partial charge in [0.15, 0.2) is 0 Å². The second-order valence-electron chi connectivity index (χ2n) is 9.71. The van der Waals surface area contributed by atoms with Gasteiger partial charge in [0, 0.05) is 51.4 Å². The van der Waals surface area contributed by atoms with Gasteiger partial charge >= 0.3 is 11.8 Å². The Morgan fingerprint density at radius 2 is 1.79 bits per heavy atom. The number of likely N-dealkylation sites (tertiary alicyclic amines) is 1. The average Bonchev–Trinajstić information content (AvgIpc) is 3.02. The molecule has 0 spiro atoms. The Bertz CT molecular complexity index is 1060. The molecule has 8 nitrogen and oxygen atoms in total. The summed E-state index contributed by atoms with van der Waals surface area (Å²) in [4.78, 5) is 29.8. The summed E-state index contributed by atoms with van der Waals surface area (Å²) in [5.41, 5.74) is 0.448. The van der Waals surface area contributed by atoms with E-state index in [1.54, 1.807) is 20.1 Å². The number of ether oxygens (including phenoxy) is 2. The van der Waals surface area contributed by atoms with Crippen molar-refractivity contribution in [3.05, 3.63) is 33.5 Å². The van der Waals surface area contributed by atoms with Crippen molar-refractivity contribution in [3.8, 4) is 0 Å². The fourth-order valence-electron chi connectivity index (χ4n) is 4.54. The SMILES string of the molecule is CC(C)(C)OC(=O)N1CCC(n2c(=O)n(CCN3CCOCC3)c3cc(F)c(Cl)cc32)CC1. The number of imidazole rings is 1. The molecule has 1 aromatic carbocycles. The molecule has 0 unspecified atom stereocenters. The normalized spacial score (nSPS) is 18.8. The van der Waals surface area contributed by atoms with Crippen LogP contribution in [0.15, 0.2) is 16.9 Å². The van der Waals surface area contributed by atoms with E-state index in [1.807, 2.05) is 20.8 Å². The van der Waals surface area contributed by atoms with E-state index < -0.39 is 11.4 Å². The summed E-state index contributed by atoms with van der Waals surface area (Å²) in [5, 5.41) is -0.00669. The van der Waals surface area contributed by atoms with E-state index in [1.165, 1.54) is 6.07 Å². The van der Waals surface area contributed by atoms with Gasteiger partial charge in [-0.1, -0.05) is 11.6 Å². The van der Waals surface area contributed by atoms with Crippen LogP contribution in [0, 0.1) is 5.82 Å². The van der Waals surface area contributed by atoms with E-state index in [-0.39, 0.29) is 22.8 Å². The van der Waals surface area contributed by atoms with Gasteiger partial charge in [-0.3, -0.25) is 14.0 Å². The monoisotopic (exact) mass is 482 g/mol. The molecule has 0 saturated carbocycles. The molecule has 0 atom stereocenters. The number of piperidine rings is 1. The molecule has 2 aliphatic heterocycles. The summed E-state index contributed by atoms with van der Waals surface area (Å²) < 4.78 is 28.6. The predicted molar refractivity (Wildman–Crippen MR) is 125 cm³/mol. The van der Waals surface area contributed by atoms with Crippen molar-refractivity contribution >= 4 is 28.7 Å². The van der Waals surface area contributed by atoms with Crippen molar-refractivity contribution in [2.24, 2.45) is 0 Å². The predicted octanol–water partition coefficient (Wildman–Crippen LogP) is 3.50. The Labute approximate surface area is 197 Å². The average molecular weight is 483 g/mol. The zero-order valence-electron chi connectivity index (χ0n) is 19.5. The Morgan fingerprint density at radius 1 is 1.12 bits per heavy atom. The highest BCUT2D eigenvalue weighted by atomic mass is 35.5. The number of carbonyl (C=O) groups is 1. The molecule has 0 N–H and O–H groups in total. The molecule has 182 valence electrons. The summed E-state index contributed by atoms with van der Waals surface area (Å²) in [5.74, 6) is -0.541.